The van der Waals surface area contributed by atoms with Crippen molar-refractivity contribution in [3.8, 4) is 0 Å². The molecule has 0 unspecified atom stereocenters. The summed E-state index contributed by atoms with van der Waals surface area (Å²) in [7, 11) is 0. The normalized spacial score (nSPS) is 11.4. The van der Waals surface area contributed by atoms with E-state index in [1.54, 1.807) is 23.2 Å². The van der Waals surface area contributed by atoms with Crippen LogP contribution in [-0.2, 0) is 0 Å². The Labute approximate surface area is 91.9 Å². The van der Waals surface area contributed by atoms with E-state index in [0.29, 0.717) is 10.0 Å². The molecule has 0 amide bonds. The Kier molecular flexibility index (Phi) is 3.62. The highest BCUT2D eigenvalue weighted by molar-refractivity contribution is 9.16. The van der Waals surface area contributed by atoms with Gasteiger partial charge in [0.1, 0.15) is 0 Å². The number of benzene rings is 1. The van der Waals surface area contributed by atoms with E-state index >= 15 is 0 Å². The lowest BCUT2D eigenvalue weighted by atomic mass is 10.2. The second kappa shape index (κ2) is 4.53. The molecule has 0 fully saturated rings. The van der Waals surface area contributed by atoms with Gasteiger partial charge in [0.15, 0.2) is 0 Å². The van der Waals surface area contributed by atoms with Gasteiger partial charge in [-0.1, -0.05) is 28.1 Å². The Balaban J connectivity index is 3.28. The van der Waals surface area contributed by atoms with E-state index in [1.807, 2.05) is 0 Å². The number of nitrogens with zero attached hydrogens (tertiary/aromatic N) is 1. The van der Waals surface area contributed by atoms with E-state index in [1.165, 1.54) is 6.07 Å². The van der Waals surface area contributed by atoms with Gasteiger partial charge in [-0.15, -0.1) is 0 Å². The number of nitro benzene ring substituents is 1. The van der Waals surface area contributed by atoms with Gasteiger partial charge < -0.3 is 0 Å². The molecular weight excluding hydrogens is 302 g/mol. The zero-order chi connectivity index (χ0) is 9.84. The lowest BCUT2D eigenvalue weighted by molar-refractivity contribution is -0.385. The van der Waals surface area contributed by atoms with Crippen molar-refractivity contribution in [3.63, 3.8) is 0 Å². The molecule has 1 aromatic rings. The monoisotopic (exact) mass is 305 g/mol. The second-order valence-corrected chi connectivity index (χ2v) is 3.54. The zero-order valence-electron chi connectivity index (χ0n) is 6.41. The van der Waals surface area contributed by atoms with Gasteiger partial charge in [-0.3, -0.25) is 10.1 Å². The van der Waals surface area contributed by atoms with Crippen LogP contribution in [0.3, 0.4) is 0 Å². The molecule has 1 rings (SSSR count). The summed E-state index contributed by atoms with van der Waals surface area (Å²) in [4.78, 5) is 11.8. The van der Waals surface area contributed by atoms with Crippen LogP contribution >= 0.6 is 31.9 Å². The molecule has 0 aromatic heterocycles. The van der Waals surface area contributed by atoms with Crippen molar-refractivity contribution in [3.05, 3.63) is 44.9 Å². The second-order valence-electron chi connectivity index (χ2n) is 2.23. The van der Waals surface area contributed by atoms with E-state index in [9.17, 15) is 10.1 Å². The average Bonchev–Trinajstić information content (AvgIpc) is 2.16. The fourth-order valence-electron chi connectivity index (χ4n) is 0.894. The lowest BCUT2D eigenvalue weighted by Crippen LogP contribution is -1.91. The molecule has 0 saturated heterocycles. The van der Waals surface area contributed by atoms with Gasteiger partial charge in [-0.25, -0.2) is 0 Å². The van der Waals surface area contributed by atoms with Crippen molar-refractivity contribution < 1.29 is 4.92 Å². The standard InChI is InChI=1S/C8H5Br2NO2/c9-5-7(10)6-3-1-2-4-8(6)11(12)13/h1-5H/b7-5-. The van der Waals surface area contributed by atoms with Crippen LogP contribution in [-0.4, -0.2) is 4.92 Å². The largest absolute Gasteiger partial charge is 0.277 e. The van der Waals surface area contributed by atoms with Crippen LogP contribution in [0.2, 0.25) is 0 Å². The predicted octanol–water partition coefficient (Wildman–Crippen LogP) is 3.68. The maximum absolute atomic E-state index is 10.6. The molecule has 0 atom stereocenters. The highest BCUT2D eigenvalue weighted by Gasteiger charge is 2.13. The number of para-hydroxylation sites is 1. The first kappa shape index (κ1) is 10.4. The van der Waals surface area contributed by atoms with Gasteiger partial charge >= 0.3 is 0 Å². The summed E-state index contributed by atoms with van der Waals surface area (Å²) in [5.74, 6) is 0. The highest BCUT2D eigenvalue weighted by atomic mass is 79.9. The first-order valence-corrected chi connectivity index (χ1v) is 5.07. The lowest BCUT2D eigenvalue weighted by Gasteiger charge is -1.99. The van der Waals surface area contributed by atoms with E-state index in [-0.39, 0.29) is 5.69 Å². The molecule has 68 valence electrons. The zero-order valence-corrected chi connectivity index (χ0v) is 9.58. The molecular formula is C8H5Br2NO2. The van der Waals surface area contributed by atoms with Crippen molar-refractivity contribution in [2.45, 2.75) is 0 Å². The molecule has 0 spiro atoms. The molecule has 0 aliphatic carbocycles. The summed E-state index contributed by atoms with van der Waals surface area (Å²) in [5.41, 5.74) is 0.648. The molecule has 0 aliphatic heterocycles. The van der Waals surface area contributed by atoms with E-state index < -0.39 is 4.92 Å². The third-order valence-electron chi connectivity index (χ3n) is 1.45. The van der Waals surface area contributed by atoms with Crippen molar-refractivity contribution in [1.82, 2.24) is 0 Å². The van der Waals surface area contributed by atoms with E-state index in [4.69, 9.17) is 0 Å². The van der Waals surface area contributed by atoms with Gasteiger partial charge in [0.25, 0.3) is 5.69 Å². The Hall–Kier alpha value is -0.680. The number of hydrogen-bond acceptors (Lipinski definition) is 2. The molecule has 0 N–H and O–H groups in total. The summed E-state index contributed by atoms with van der Waals surface area (Å²) in [6.45, 7) is 0. The van der Waals surface area contributed by atoms with Crippen molar-refractivity contribution in [1.29, 1.82) is 0 Å². The molecule has 5 heteroatoms. The van der Waals surface area contributed by atoms with Crippen molar-refractivity contribution in [2.75, 3.05) is 0 Å². The topological polar surface area (TPSA) is 43.1 Å². The third-order valence-corrected chi connectivity index (χ3v) is 3.18. The predicted molar refractivity (Wildman–Crippen MR) is 58.9 cm³/mol. The fourth-order valence-corrected chi connectivity index (χ4v) is 1.48. The van der Waals surface area contributed by atoms with E-state index in [2.05, 4.69) is 31.9 Å². The Morgan fingerprint density at radius 1 is 1.46 bits per heavy atom. The van der Waals surface area contributed by atoms with Gasteiger partial charge in [0, 0.05) is 10.5 Å². The third kappa shape index (κ3) is 2.38. The summed E-state index contributed by atoms with van der Waals surface area (Å²) in [5, 5.41) is 10.6. The number of rotatable bonds is 2. The minimum absolute atomic E-state index is 0.0880. The van der Waals surface area contributed by atoms with Gasteiger partial charge in [-0.2, -0.15) is 0 Å². The van der Waals surface area contributed by atoms with Crippen molar-refractivity contribution in [2.24, 2.45) is 0 Å². The van der Waals surface area contributed by atoms with Gasteiger partial charge in [0.05, 0.1) is 10.5 Å². The first-order chi connectivity index (χ1) is 6.16. The molecule has 3 nitrogen and oxygen atoms in total. The summed E-state index contributed by atoms with van der Waals surface area (Å²) in [6, 6.07) is 6.53. The quantitative estimate of drug-likeness (QED) is 0.618. The van der Waals surface area contributed by atoms with Crippen LogP contribution in [0.4, 0.5) is 5.69 Å². The van der Waals surface area contributed by atoms with E-state index in [0.717, 1.165) is 0 Å². The van der Waals surface area contributed by atoms with Gasteiger partial charge in [-0.05, 0) is 27.0 Å². The minimum atomic E-state index is -0.410. The molecule has 13 heavy (non-hydrogen) atoms. The molecule has 0 saturated carbocycles. The Morgan fingerprint density at radius 2 is 2.08 bits per heavy atom. The number of nitro groups is 1. The minimum Gasteiger partial charge on any atom is -0.258 e. The molecule has 0 heterocycles. The average molecular weight is 307 g/mol. The van der Waals surface area contributed by atoms with Crippen LogP contribution in [0.1, 0.15) is 5.56 Å². The Morgan fingerprint density at radius 3 is 2.62 bits per heavy atom. The van der Waals surface area contributed by atoms with Gasteiger partial charge in [0.2, 0.25) is 0 Å². The number of hydrogen-bond donors (Lipinski definition) is 0. The summed E-state index contributed by atoms with van der Waals surface area (Å²) in [6.07, 6.45) is 0. The number of halogens is 2. The van der Waals surface area contributed by atoms with Crippen LogP contribution in [0, 0.1) is 10.1 Å². The molecule has 0 radical (unpaired) electrons. The fraction of sp³-hybridized carbons (Fsp3) is 0. The maximum atomic E-state index is 10.6. The summed E-state index contributed by atoms with van der Waals surface area (Å²) < 4.78 is 0.653. The molecule has 0 aliphatic rings. The molecule has 0 bridgehead atoms. The van der Waals surface area contributed by atoms with Crippen LogP contribution in [0.5, 0.6) is 0 Å². The SMILES string of the molecule is O=[N+]([O-])c1ccccc1/C(Br)=C/Br. The van der Waals surface area contributed by atoms with Crippen LogP contribution in [0.15, 0.2) is 29.3 Å². The van der Waals surface area contributed by atoms with Crippen molar-refractivity contribution >= 4 is 42.0 Å². The first-order valence-electron chi connectivity index (χ1n) is 3.36. The smallest absolute Gasteiger partial charge is 0.258 e. The maximum Gasteiger partial charge on any atom is 0.277 e. The summed E-state index contributed by atoms with van der Waals surface area (Å²) >= 11 is 6.32. The Bertz CT molecular complexity index is 363. The molecule has 1 aromatic carbocycles. The van der Waals surface area contributed by atoms with Crippen LogP contribution < -0.4 is 0 Å². The van der Waals surface area contributed by atoms with Crippen LogP contribution in [0.25, 0.3) is 4.48 Å². The highest BCUT2D eigenvalue weighted by Crippen LogP contribution is 2.30.